The van der Waals surface area contributed by atoms with E-state index in [-0.39, 0.29) is 0 Å². The Balaban J connectivity index is 1.27. The molecule has 2 saturated heterocycles. The number of halogens is 2. The van der Waals surface area contributed by atoms with E-state index in [2.05, 4.69) is 39.9 Å². The highest BCUT2D eigenvalue weighted by Gasteiger charge is 2.46. The van der Waals surface area contributed by atoms with Gasteiger partial charge in [-0.2, -0.15) is 0 Å². The van der Waals surface area contributed by atoms with Crippen LogP contribution in [0.3, 0.4) is 0 Å². The van der Waals surface area contributed by atoms with Gasteiger partial charge in [-0.05, 0) is 80.6 Å². The summed E-state index contributed by atoms with van der Waals surface area (Å²) in [6.07, 6.45) is 9.33. The van der Waals surface area contributed by atoms with Crippen molar-refractivity contribution >= 4 is 34.5 Å². The van der Waals surface area contributed by atoms with Gasteiger partial charge in [0.1, 0.15) is 0 Å². The Morgan fingerprint density at radius 3 is 2.62 bits per heavy atom. The van der Waals surface area contributed by atoms with Crippen LogP contribution in [0.15, 0.2) is 42.6 Å². The van der Waals surface area contributed by atoms with E-state index < -0.39 is 0 Å². The molecular formula is C24H27Cl2N3. The number of hydrogen-bond acceptors (Lipinski definition) is 3. The second-order valence-electron chi connectivity index (χ2n) is 9.04. The molecule has 29 heavy (non-hydrogen) atoms. The maximum absolute atomic E-state index is 6.22. The van der Waals surface area contributed by atoms with Crippen molar-refractivity contribution in [1.29, 1.82) is 0 Å². The molecule has 1 spiro atoms. The number of piperidine rings is 1. The topological polar surface area (TPSA) is 19.4 Å². The van der Waals surface area contributed by atoms with Gasteiger partial charge in [0, 0.05) is 58.7 Å². The molecule has 0 bridgehead atoms. The van der Waals surface area contributed by atoms with Crippen molar-refractivity contribution in [3.05, 3.63) is 63.9 Å². The molecule has 1 aliphatic carbocycles. The third-order valence-corrected chi connectivity index (χ3v) is 7.23. The van der Waals surface area contributed by atoms with Crippen molar-refractivity contribution in [2.45, 2.75) is 38.6 Å². The van der Waals surface area contributed by atoms with E-state index in [1.165, 1.54) is 62.3 Å². The molecule has 1 aromatic heterocycles. The van der Waals surface area contributed by atoms with Crippen LogP contribution in [0.4, 0.5) is 5.69 Å². The number of pyridine rings is 1. The molecule has 0 N–H and O–H groups in total. The number of aromatic nitrogens is 1. The summed E-state index contributed by atoms with van der Waals surface area (Å²) in [5.41, 5.74) is 5.44. The summed E-state index contributed by atoms with van der Waals surface area (Å²) in [6, 6.07) is 10.8. The summed E-state index contributed by atoms with van der Waals surface area (Å²) in [5, 5.41) is 1.43. The van der Waals surface area contributed by atoms with Crippen molar-refractivity contribution in [1.82, 2.24) is 9.88 Å². The molecule has 1 atom stereocenters. The Labute approximate surface area is 183 Å². The summed E-state index contributed by atoms with van der Waals surface area (Å²) in [7, 11) is 0. The molecule has 1 aromatic carbocycles. The fourth-order valence-corrected chi connectivity index (χ4v) is 5.96. The molecule has 0 amide bonds. The molecule has 5 rings (SSSR count). The van der Waals surface area contributed by atoms with E-state index in [9.17, 15) is 0 Å². The molecule has 0 saturated carbocycles. The fourth-order valence-electron chi connectivity index (χ4n) is 5.43. The van der Waals surface area contributed by atoms with Crippen LogP contribution in [0.25, 0.3) is 5.57 Å². The van der Waals surface area contributed by atoms with Gasteiger partial charge in [0.15, 0.2) is 0 Å². The van der Waals surface area contributed by atoms with Gasteiger partial charge < -0.3 is 4.90 Å². The Morgan fingerprint density at radius 1 is 1.07 bits per heavy atom. The van der Waals surface area contributed by atoms with Crippen molar-refractivity contribution in [2.75, 3.05) is 31.1 Å². The van der Waals surface area contributed by atoms with Crippen molar-refractivity contribution in [3.8, 4) is 0 Å². The van der Waals surface area contributed by atoms with Crippen molar-refractivity contribution < 1.29 is 0 Å². The largest absolute Gasteiger partial charge is 0.370 e. The van der Waals surface area contributed by atoms with Gasteiger partial charge in [0.05, 0.1) is 0 Å². The number of anilines is 1. The molecule has 5 heteroatoms. The van der Waals surface area contributed by atoms with E-state index in [4.69, 9.17) is 23.2 Å². The molecular weight excluding hydrogens is 401 g/mol. The van der Waals surface area contributed by atoms with Crippen LogP contribution in [0.5, 0.6) is 0 Å². The third kappa shape index (κ3) is 3.93. The average molecular weight is 428 g/mol. The second-order valence-corrected chi connectivity index (χ2v) is 9.91. The number of aryl methyl sites for hydroxylation is 1. The Kier molecular flexibility index (Phi) is 5.09. The summed E-state index contributed by atoms with van der Waals surface area (Å²) >= 11 is 12.4. The average Bonchev–Trinajstić information content (AvgIpc) is 3.16. The molecule has 2 fully saturated rings. The van der Waals surface area contributed by atoms with E-state index >= 15 is 0 Å². The lowest BCUT2D eigenvalue weighted by molar-refractivity contribution is 0.0460. The Bertz CT molecular complexity index is 929. The normalized spacial score (nSPS) is 23.9. The number of likely N-dealkylation sites (tertiary alicyclic amines) is 1. The lowest BCUT2D eigenvalue weighted by Gasteiger charge is -2.56. The maximum atomic E-state index is 6.22. The smallest absolute Gasteiger partial charge is 0.0426 e. The molecule has 2 aliphatic heterocycles. The first-order valence-electron chi connectivity index (χ1n) is 10.6. The van der Waals surface area contributed by atoms with Crippen LogP contribution in [0.2, 0.25) is 10.0 Å². The van der Waals surface area contributed by atoms with E-state index in [0.717, 1.165) is 22.2 Å². The number of hydrogen-bond donors (Lipinski definition) is 0. The summed E-state index contributed by atoms with van der Waals surface area (Å²) in [4.78, 5) is 9.57. The standard InChI is InChI=1S/C24H27Cl2N3/c1-17-9-23(5-7-27-17)29-15-24(16-29)6-2-8-28(14-24)22-4-3-18(12-22)19-10-20(25)13-21(26)11-19/h5,7,9-13,22H,2-4,6,8,14-16H2,1H3. The summed E-state index contributed by atoms with van der Waals surface area (Å²) in [6.45, 7) is 6.82. The first-order valence-corrected chi connectivity index (χ1v) is 11.3. The van der Waals surface area contributed by atoms with Gasteiger partial charge in [0.25, 0.3) is 0 Å². The van der Waals surface area contributed by atoms with Gasteiger partial charge in [-0.1, -0.05) is 29.3 Å². The van der Waals surface area contributed by atoms with Crippen molar-refractivity contribution in [3.63, 3.8) is 0 Å². The Hall–Kier alpha value is -1.55. The highest BCUT2D eigenvalue weighted by Crippen LogP contribution is 2.43. The van der Waals surface area contributed by atoms with E-state index in [1.54, 1.807) is 6.07 Å². The molecule has 152 valence electrons. The van der Waals surface area contributed by atoms with Gasteiger partial charge >= 0.3 is 0 Å². The molecule has 3 heterocycles. The maximum Gasteiger partial charge on any atom is 0.0426 e. The minimum atomic E-state index is 0.450. The number of nitrogens with zero attached hydrogens (tertiary/aromatic N) is 3. The van der Waals surface area contributed by atoms with Gasteiger partial charge in [-0.3, -0.25) is 9.88 Å². The van der Waals surface area contributed by atoms with Gasteiger partial charge in [0.2, 0.25) is 0 Å². The summed E-state index contributed by atoms with van der Waals surface area (Å²) in [5.74, 6) is 0. The SMILES string of the molecule is Cc1cc(N2CC3(CCCN(C4C=C(c5cc(Cl)cc(Cl)c5)CC4)C3)C2)ccn1. The number of allylic oxidation sites excluding steroid dienone is 1. The minimum Gasteiger partial charge on any atom is -0.370 e. The van der Waals surface area contributed by atoms with Crippen molar-refractivity contribution in [2.24, 2.45) is 5.41 Å². The van der Waals surface area contributed by atoms with Gasteiger partial charge in [-0.15, -0.1) is 0 Å². The molecule has 1 unspecified atom stereocenters. The predicted octanol–water partition coefficient (Wildman–Crippen LogP) is 5.85. The van der Waals surface area contributed by atoms with Crippen LogP contribution < -0.4 is 4.90 Å². The lowest BCUT2D eigenvalue weighted by Crippen LogP contribution is -2.64. The van der Waals surface area contributed by atoms with E-state index in [0.29, 0.717) is 11.5 Å². The monoisotopic (exact) mass is 427 g/mol. The zero-order valence-electron chi connectivity index (χ0n) is 16.9. The lowest BCUT2D eigenvalue weighted by atomic mass is 9.72. The highest BCUT2D eigenvalue weighted by molar-refractivity contribution is 6.34. The fraction of sp³-hybridized carbons (Fsp3) is 0.458. The van der Waals surface area contributed by atoms with Crippen LogP contribution in [0.1, 0.15) is 36.9 Å². The first-order chi connectivity index (χ1) is 14.0. The molecule has 0 radical (unpaired) electrons. The molecule has 2 aromatic rings. The summed E-state index contributed by atoms with van der Waals surface area (Å²) < 4.78 is 0. The van der Waals surface area contributed by atoms with Crippen LogP contribution >= 0.6 is 23.2 Å². The predicted molar refractivity (Wildman–Crippen MR) is 122 cm³/mol. The van der Waals surface area contributed by atoms with E-state index in [1.807, 2.05) is 18.3 Å². The third-order valence-electron chi connectivity index (χ3n) is 6.79. The number of benzene rings is 1. The molecule has 3 nitrogen and oxygen atoms in total. The van der Waals surface area contributed by atoms with Crippen LogP contribution in [0, 0.1) is 12.3 Å². The second kappa shape index (κ2) is 7.61. The zero-order valence-corrected chi connectivity index (χ0v) is 18.4. The van der Waals surface area contributed by atoms with Gasteiger partial charge in [-0.25, -0.2) is 0 Å². The first kappa shape index (κ1) is 19.4. The van der Waals surface area contributed by atoms with Crippen LogP contribution in [-0.4, -0.2) is 42.1 Å². The zero-order chi connectivity index (χ0) is 20.0. The quantitative estimate of drug-likeness (QED) is 0.612. The highest BCUT2D eigenvalue weighted by atomic mass is 35.5. The number of rotatable bonds is 3. The molecule has 3 aliphatic rings. The Morgan fingerprint density at radius 2 is 1.86 bits per heavy atom. The van der Waals surface area contributed by atoms with Crippen LogP contribution in [-0.2, 0) is 0 Å². The minimum absolute atomic E-state index is 0.450.